The van der Waals surface area contributed by atoms with Gasteiger partial charge in [-0.3, -0.25) is 9.59 Å². The maximum atomic E-state index is 12.8. The molecule has 2 aromatic rings. The lowest BCUT2D eigenvalue weighted by Crippen LogP contribution is -2.40. The molecule has 6 heteroatoms. The van der Waals surface area contributed by atoms with Gasteiger partial charge in [-0.15, -0.1) is 0 Å². The number of nitrogens with zero attached hydrogens (tertiary/aromatic N) is 1. The average Bonchev–Trinajstić information content (AvgIpc) is 3.11. The van der Waals surface area contributed by atoms with Crippen molar-refractivity contribution in [3.63, 3.8) is 0 Å². The molecule has 1 N–H and O–H groups in total. The van der Waals surface area contributed by atoms with Crippen LogP contribution in [-0.2, 0) is 25.5 Å². The summed E-state index contributed by atoms with van der Waals surface area (Å²) in [5, 5.41) is 2.48. The molecule has 0 unspecified atom stereocenters. The Morgan fingerprint density at radius 2 is 1.75 bits per heavy atom. The van der Waals surface area contributed by atoms with E-state index in [1.165, 1.54) is 19.9 Å². The van der Waals surface area contributed by atoms with Gasteiger partial charge in [-0.2, -0.15) is 0 Å². The molecule has 144 valence electrons. The van der Waals surface area contributed by atoms with E-state index >= 15 is 0 Å². The third-order valence-corrected chi connectivity index (χ3v) is 4.43. The normalized spacial score (nSPS) is 14.2. The molecule has 6 nitrogen and oxygen atoms in total. The van der Waals surface area contributed by atoms with Crippen LogP contribution in [-0.4, -0.2) is 30.4 Å². The highest BCUT2D eigenvalue weighted by Gasteiger charge is 2.30. The van der Waals surface area contributed by atoms with Crippen LogP contribution in [0.25, 0.3) is 6.08 Å². The Labute approximate surface area is 163 Å². The van der Waals surface area contributed by atoms with Crippen LogP contribution in [0.15, 0.2) is 60.3 Å². The van der Waals surface area contributed by atoms with Crippen molar-refractivity contribution in [2.24, 2.45) is 0 Å². The van der Waals surface area contributed by atoms with Crippen LogP contribution >= 0.6 is 0 Å². The summed E-state index contributed by atoms with van der Waals surface area (Å²) in [5.74, 6) is -1.45. The van der Waals surface area contributed by atoms with Gasteiger partial charge >= 0.3 is 5.97 Å². The minimum atomic E-state index is -0.980. The number of hydrogen-bond acceptors (Lipinski definition) is 4. The van der Waals surface area contributed by atoms with Crippen molar-refractivity contribution in [2.75, 3.05) is 11.4 Å². The molecular weight excluding hydrogens is 356 g/mol. The lowest BCUT2D eigenvalue weighted by molar-refractivity contribution is -0.150. The third kappa shape index (κ3) is 4.46. The van der Waals surface area contributed by atoms with Crippen LogP contribution in [0, 0.1) is 0 Å². The van der Waals surface area contributed by atoms with Crippen LogP contribution in [0.1, 0.15) is 25.0 Å². The SMILES string of the molecule is CC(=O)N/C(=C/c1ccccc1)C(=O)O[C@@H](C)C(=O)N1CCc2ccccc21. The quantitative estimate of drug-likeness (QED) is 0.641. The maximum Gasteiger partial charge on any atom is 0.355 e. The molecule has 0 aromatic heterocycles. The third-order valence-electron chi connectivity index (χ3n) is 4.43. The first kappa shape index (κ1) is 19.4. The van der Waals surface area contributed by atoms with E-state index in [0.717, 1.165) is 23.2 Å². The van der Waals surface area contributed by atoms with Crippen molar-refractivity contribution in [3.8, 4) is 0 Å². The van der Waals surface area contributed by atoms with Crippen molar-refractivity contribution in [1.82, 2.24) is 5.32 Å². The molecular formula is C22H22N2O4. The number of esters is 1. The minimum absolute atomic E-state index is 0.0137. The molecule has 1 aliphatic rings. The second-order valence-electron chi connectivity index (χ2n) is 6.57. The van der Waals surface area contributed by atoms with Gasteiger partial charge in [-0.1, -0.05) is 48.5 Å². The monoisotopic (exact) mass is 378 g/mol. The Morgan fingerprint density at radius 3 is 2.46 bits per heavy atom. The van der Waals surface area contributed by atoms with Crippen molar-refractivity contribution in [1.29, 1.82) is 0 Å². The fraction of sp³-hybridized carbons (Fsp3) is 0.227. The number of anilines is 1. The second-order valence-corrected chi connectivity index (χ2v) is 6.57. The molecule has 0 spiro atoms. The number of fused-ring (bicyclic) bond motifs is 1. The Hall–Kier alpha value is -3.41. The van der Waals surface area contributed by atoms with E-state index < -0.39 is 18.0 Å². The number of carbonyl (C=O) groups is 3. The highest BCUT2D eigenvalue weighted by molar-refractivity contribution is 6.02. The van der Waals surface area contributed by atoms with Crippen LogP contribution in [0.5, 0.6) is 0 Å². The van der Waals surface area contributed by atoms with Gasteiger partial charge in [-0.25, -0.2) is 4.79 Å². The van der Waals surface area contributed by atoms with E-state index in [2.05, 4.69) is 5.32 Å². The predicted octanol–water partition coefficient (Wildman–Crippen LogP) is 2.68. The van der Waals surface area contributed by atoms with Crippen LogP contribution < -0.4 is 10.2 Å². The molecule has 0 bridgehead atoms. The molecule has 0 radical (unpaired) electrons. The molecule has 0 fully saturated rings. The van der Waals surface area contributed by atoms with E-state index in [9.17, 15) is 14.4 Å². The van der Waals surface area contributed by atoms with Gasteiger partial charge in [0.1, 0.15) is 5.70 Å². The topological polar surface area (TPSA) is 75.7 Å². The highest BCUT2D eigenvalue weighted by atomic mass is 16.5. The van der Waals surface area contributed by atoms with Gasteiger partial charge in [0, 0.05) is 19.2 Å². The smallest absolute Gasteiger partial charge is 0.355 e. The number of amides is 2. The maximum absolute atomic E-state index is 12.8. The number of nitrogens with one attached hydrogen (secondary N) is 1. The van der Waals surface area contributed by atoms with E-state index in [1.807, 2.05) is 42.5 Å². The lowest BCUT2D eigenvalue weighted by atomic mass is 10.2. The summed E-state index contributed by atoms with van der Waals surface area (Å²) in [6.07, 6.45) is 1.31. The first-order valence-electron chi connectivity index (χ1n) is 9.10. The number of rotatable bonds is 5. The molecule has 1 atom stereocenters. The summed E-state index contributed by atoms with van der Waals surface area (Å²) in [6.45, 7) is 3.40. The van der Waals surface area contributed by atoms with Gasteiger partial charge in [0.25, 0.3) is 5.91 Å². The summed E-state index contributed by atoms with van der Waals surface area (Å²) in [6, 6.07) is 16.8. The van der Waals surface area contributed by atoms with Crippen LogP contribution in [0.4, 0.5) is 5.69 Å². The zero-order valence-electron chi connectivity index (χ0n) is 15.8. The number of benzene rings is 2. The Kier molecular flexibility index (Phi) is 5.89. The van der Waals surface area contributed by atoms with E-state index in [-0.39, 0.29) is 11.6 Å². The zero-order chi connectivity index (χ0) is 20.1. The summed E-state index contributed by atoms with van der Waals surface area (Å²) >= 11 is 0. The first-order chi connectivity index (χ1) is 13.5. The van der Waals surface area contributed by atoms with Crippen molar-refractivity contribution in [3.05, 3.63) is 71.4 Å². The summed E-state index contributed by atoms with van der Waals surface area (Å²) < 4.78 is 5.36. The van der Waals surface area contributed by atoms with Crippen LogP contribution in [0.3, 0.4) is 0 Å². The van der Waals surface area contributed by atoms with Gasteiger partial charge in [0.05, 0.1) is 0 Å². The molecule has 3 rings (SSSR count). The van der Waals surface area contributed by atoms with E-state index in [1.54, 1.807) is 17.0 Å². The zero-order valence-corrected chi connectivity index (χ0v) is 15.8. The number of hydrogen-bond donors (Lipinski definition) is 1. The number of ether oxygens (including phenoxy) is 1. The summed E-state index contributed by atoms with van der Waals surface area (Å²) in [5.41, 5.74) is 2.66. The standard InChI is InChI=1S/C22H22N2O4/c1-15(21(26)24-13-12-18-10-6-7-11-20(18)24)28-22(27)19(23-16(2)25)14-17-8-4-3-5-9-17/h3-11,14-15H,12-13H2,1-2H3,(H,23,25)/b19-14+/t15-/m0/s1. The first-order valence-corrected chi connectivity index (χ1v) is 9.10. The highest BCUT2D eigenvalue weighted by Crippen LogP contribution is 2.28. The van der Waals surface area contributed by atoms with Crippen LogP contribution in [0.2, 0.25) is 0 Å². The number of para-hydroxylation sites is 1. The molecule has 2 aromatic carbocycles. The fourth-order valence-corrected chi connectivity index (χ4v) is 3.11. The Balaban J connectivity index is 1.73. The minimum Gasteiger partial charge on any atom is -0.448 e. The lowest BCUT2D eigenvalue weighted by Gasteiger charge is -2.22. The fourth-order valence-electron chi connectivity index (χ4n) is 3.11. The number of carbonyl (C=O) groups excluding carboxylic acids is 3. The molecule has 2 amide bonds. The molecule has 0 aliphatic carbocycles. The van der Waals surface area contributed by atoms with Crippen molar-refractivity contribution in [2.45, 2.75) is 26.4 Å². The van der Waals surface area contributed by atoms with E-state index in [0.29, 0.717) is 6.54 Å². The molecule has 0 saturated carbocycles. The summed E-state index contributed by atoms with van der Waals surface area (Å²) in [7, 11) is 0. The van der Waals surface area contributed by atoms with E-state index in [4.69, 9.17) is 4.74 Å². The predicted molar refractivity (Wildman–Crippen MR) is 106 cm³/mol. The molecule has 28 heavy (non-hydrogen) atoms. The largest absolute Gasteiger partial charge is 0.448 e. The average molecular weight is 378 g/mol. The Bertz CT molecular complexity index is 921. The van der Waals surface area contributed by atoms with Gasteiger partial charge < -0.3 is 15.0 Å². The molecule has 1 aliphatic heterocycles. The van der Waals surface area contributed by atoms with Gasteiger partial charge in [0.2, 0.25) is 5.91 Å². The van der Waals surface area contributed by atoms with Gasteiger partial charge in [-0.05, 0) is 36.6 Å². The summed E-state index contributed by atoms with van der Waals surface area (Å²) in [4.78, 5) is 38.5. The Morgan fingerprint density at radius 1 is 1.07 bits per heavy atom. The van der Waals surface area contributed by atoms with Crippen molar-refractivity contribution < 1.29 is 19.1 Å². The second kappa shape index (κ2) is 8.52. The van der Waals surface area contributed by atoms with Crippen molar-refractivity contribution >= 4 is 29.5 Å². The molecule has 1 heterocycles. The van der Waals surface area contributed by atoms with Gasteiger partial charge in [0.15, 0.2) is 6.10 Å². The molecule has 0 saturated heterocycles.